The number of carbonyl (C=O) groups is 1. The van der Waals surface area contributed by atoms with Gasteiger partial charge in [-0.05, 0) is 29.3 Å². The Morgan fingerprint density at radius 3 is 2.15 bits per heavy atom. The molecule has 3 aromatic carbocycles. The average molecular weight is 453 g/mol. The number of methoxy groups -OCH3 is 1. The maximum atomic E-state index is 12.9. The second-order valence-corrected chi connectivity index (χ2v) is 7.34. The van der Waals surface area contributed by atoms with Crippen LogP contribution in [0.2, 0.25) is 0 Å². The summed E-state index contributed by atoms with van der Waals surface area (Å²) in [6, 6.07) is 14.3. The quantitative estimate of drug-likeness (QED) is 0.459. The molecule has 33 heavy (non-hydrogen) atoms. The standard InChI is InChI=1S/C24H18F3N3O3/c1-33-20-10-17-18(11-19(20)31)29-12-30-22(17)15-4-2-13(3-5-15)21(23(28)32)14-6-8-16(9-7-14)24(25,26)27/h2-12,21,31H,1H3,(H2,28,32). The molecule has 6 nitrogen and oxygen atoms in total. The predicted octanol–water partition coefficient (Wildman–Crippen LogP) is 4.65. The topological polar surface area (TPSA) is 98.3 Å². The second kappa shape index (κ2) is 8.42. The summed E-state index contributed by atoms with van der Waals surface area (Å²) in [6.45, 7) is 0. The molecule has 1 aromatic heterocycles. The fraction of sp³-hybridized carbons (Fsp3) is 0.125. The number of aromatic nitrogens is 2. The van der Waals surface area contributed by atoms with Crippen LogP contribution in [0, 0.1) is 0 Å². The Kier molecular flexibility index (Phi) is 5.63. The van der Waals surface area contributed by atoms with Gasteiger partial charge in [-0.15, -0.1) is 0 Å². The fourth-order valence-electron chi connectivity index (χ4n) is 3.68. The maximum absolute atomic E-state index is 12.9. The summed E-state index contributed by atoms with van der Waals surface area (Å²) in [5.41, 5.74) is 7.45. The van der Waals surface area contributed by atoms with Crippen LogP contribution >= 0.6 is 0 Å². The van der Waals surface area contributed by atoms with Crippen molar-refractivity contribution < 1.29 is 27.8 Å². The Morgan fingerprint density at radius 2 is 1.61 bits per heavy atom. The van der Waals surface area contributed by atoms with Crippen molar-refractivity contribution in [3.05, 3.63) is 83.7 Å². The summed E-state index contributed by atoms with van der Waals surface area (Å²) in [6.07, 6.45) is -3.10. The van der Waals surface area contributed by atoms with Crippen LogP contribution in [0.3, 0.4) is 0 Å². The van der Waals surface area contributed by atoms with Crippen molar-refractivity contribution in [2.24, 2.45) is 5.73 Å². The molecule has 1 heterocycles. The van der Waals surface area contributed by atoms with E-state index in [1.54, 1.807) is 30.3 Å². The molecule has 1 atom stereocenters. The van der Waals surface area contributed by atoms with Crippen LogP contribution in [-0.4, -0.2) is 28.1 Å². The first kappa shape index (κ1) is 22.1. The van der Waals surface area contributed by atoms with Crippen LogP contribution in [0.15, 0.2) is 67.0 Å². The average Bonchev–Trinajstić information content (AvgIpc) is 2.78. The summed E-state index contributed by atoms with van der Waals surface area (Å²) in [4.78, 5) is 20.7. The molecule has 0 saturated heterocycles. The van der Waals surface area contributed by atoms with E-state index >= 15 is 0 Å². The van der Waals surface area contributed by atoms with Gasteiger partial charge in [0.05, 0.1) is 29.8 Å². The highest BCUT2D eigenvalue weighted by Gasteiger charge is 2.31. The summed E-state index contributed by atoms with van der Waals surface area (Å²) < 4.78 is 43.8. The molecule has 1 amide bonds. The van der Waals surface area contributed by atoms with Gasteiger partial charge in [0.25, 0.3) is 0 Å². The number of hydrogen-bond acceptors (Lipinski definition) is 5. The van der Waals surface area contributed by atoms with E-state index in [0.717, 1.165) is 12.1 Å². The molecule has 4 rings (SSSR count). The molecule has 1 unspecified atom stereocenters. The lowest BCUT2D eigenvalue weighted by Crippen LogP contribution is -2.22. The molecule has 0 saturated carbocycles. The van der Waals surface area contributed by atoms with Crippen LogP contribution in [-0.2, 0) is 11.0 Å². The van der Waals surface area contributed by atoms with Crippen molar-refractivity contribution in [1.82, 2.24) is 9.97 Å². The molecule has 0 aliphatic rings. The number of alkyl halides is 3. The highest BCUT2D eigenvalue weighted by molar-refractivity contribution is 5.94. The number of ether oxygens (including phenoxy) is 1. The van der Waals surface area contributed by atoms with Gasteiger partial charge < -0.3 is 15.6 Å². The first-order chi connectivity index (χ1) is 15.7. The van der Waals surface area contributed by atoms with Gasteiger partial charge in [0.15, 0.2) is 11.5 Å². The normalized spacial score (nSPS) is 12.5. The van der Waals surface area contributed by atoms with Gasteiger partial charge in [0, 0.05) is 17.0 Å². The number of hydrogen-bond donors (Lipinski definition) is 2. The van der Waals surface area contributed by atoms with Crippen molar-refractivity contribution in [3.8, 4) is 22.8 Å². The lowest BCUT2D eigenvalue weighted by molar-refractivity contribution is -0.137. The van der Waals surface area contributed by atoms with Crippen LogP contribution < -0.4 is 10.5 Å². The maximum Gasteiger partial charge on any atom is 0.416 e. The Morgan fingerprint density at radius 1 is 1.00 bits per heavy atom. The highest BCUT2D eigenvalue weighted by atomic mass is 19.4. The van der Waals surface area contributed by atoms with Crippen LogP contribution in [0.5, 0.6) is 11.5 Å². The number of carbonyl (C=O) groups excluding carboxylic acids is 1. The van der Waals surface area contributed by atoms with Crippen molar-refractivity contribution in [3.63, 3.8) is 0 Å². The number of phenols is 1. The first-order valence-electron chi connectivity index (χ1n) is 9.77. The second-order valence-electron chi connectivity index (χ2n) is 7.34. The van der Waals surface area contributed by atoms with Gasteiger partial charge in [-0.1, -0.05) is 36.4 Å². The van der Waals surface area contributed by atoms with Gasteiger partial charge in [-0.2, -0.15) is 13.2 Å². The van der Waals surface area contributed by atoms with Crippen LogP contribution in [0.4, 0.5) is 13.2 Å². The van der Waals surface area contributed by atoms with E-state index in [1.165, 1.54) is 31.6 Å². The number of primary amides is 1. The van der Waals surface area contributed by atoms with Gasteiger partial charge >= 0.3 is 6.18 Å². The van der Waals surface area contributed by atoms with Gasteiger partial charge in [-0.25, -0.2) is 9.97 Å². The third kappa shape index (κ3) is 4.30. The molecule has 0 bridgehead atoms. The number of phenolic OH excluding ortho intramolecular Hbond substituents is 1. The molecule has 0 aliphatic heterocycles. The summed E-state index contributed by atoms with van der Waals surface area (Å²) >= 11 is 0. The number of fused-ring (bicyclic) bond motifs is 1. The van der Waals surface area contributed by atoms with Crippen molar-refractivity contribution in [1.29, 1.82) is 0 Å². The Labute approximate surface area is 186 Å². The van der Waals surface area contributed by atoms with Crippen molar-refractivity contribution >= 4 is 16.8 Å². The molecule has 168 valence electrons. The number of nitrogens with zero attached hydrogens (tertiary/aromatic N) is 2. The monoisotopic (exact) mass is 453 g/mol. The number of nitrogens with two attached hydrogens (primary N) is 1. The van der Waals surface area contributed by atoms with E-state index in [1.807, 2.05) is 0 Å². The lowest BCUT2D eigenvalue weighted by Gasteiger charge is -2.16. The Hall–Kier alpha value is -4.14. The number of halogens is 3. The van der Waals surface area contributed by atoms with Gasteiger partial charge in [-0.3, -0.25) is 4.79 Å². The first-order valence-corrected chi connectivity index (χ1v) is 9.77. The molecule has 0 spiro atoms. The number of benzene rings is 3. The molecular weight excluding hydrogens is 435 g/mol. The van der Waals surface area contributed by atoms with E-state index in [9.17, 15) is 23.1 Å². The molecule has 0 radical (unpaired) electrons. The smallest absolute Gasteiger partial charge is 0.416 e. The van der Waals surface area contributed by atoms with E-state index in [4.69, 9.17) is 10.5 Å². The zero-order valence-electron chi connectivity index (χ0n) is 17.3. The molecular formula is C24H18F3N3O3. The molecule has 3 N–H and O–H groups in total. The van der Waals surface area contributed by atoms with E-state index < -0.39 is 23.6 Å². The minimum absolute atomic E-state index is 0.0501. The molecule has 0 fully saturated rings. The van der Waals surface area contributed by atoms with Crippen LogP contribution in [0.25, 0.3) is 22.2 Å². The van der Waals surface area contributed by atoms with Crippen molar-refractivity contribution in [2.45, 2.75) is 12.1 Å². The number of rotatable bonds is 5. The minimum Gasteiger partial charge on any atom is -0.504 e. The minimum atomic E-state index is -4.47. The predicted molar refractivity (Wildman–Crippen MR) is 116 cm³/mol. The number of amides is 1. The number of aromatic hydroxyl groups is 1. The van der Waals surface area contributed by atoms with Crippen LogP contribution in [0.1, 0.15) is 22.6 Å². The van der Waals surface area contributed by atoms with Crippen molar-refractivity contribution in [2.75, 3.05) is 7.11 Å². The van der Waals surface area contributed by atoms with E-state index in [2.05, 4.69) is 9.97 Å². The third-order valence-corrected chi connectivity index (χ3v) is 5.31. The summed E-state index contributed by atoms with van der Waals surface area (Å²) in [5.74, 6) is -1.38. The Bertz CT molecular complexity index is 1320. The van der Waals surface area contributed by atoms with Gasteiger partial charge in [0.1, 0.15) is 6.33 Å². The van der Waals surface area contributed by atoms with Gasteiger partial charge in [0.2, 0.25) is 5.91 Å². The largest absolute Gasteiger partial charge is 0.504 e. The molecule has 9 heteroatoms. The zero-order chi connectivity index (χ0) is 23.8. The summed E-state index contributed by atoms with van der Waals surface area (Å²) in [7, 11) is 1.43. The highest BCUT2D eigenvalue weighted by Crippen LogP contribution is 2.36. The lowest BCUT2D eigenvalue weighted by atomic mass is 9.89. The van der Waals surface area contributed by atoms with E-state index in [-0.39, 0.29) is 11.5 Å². The fourth-order valence-corrected chi connectivity index (χ4v) is 3.68. The van der Waals surface area contributed by atoms with E-state index in [0.29, 0.717) is 33.3 Å². The molecule has 4 aromatic rings. The summed E-state index contributed by atoms with van der Waals surface area (Å²) in [5, 5.41) is 10.6. The molecule has 0 aliphatic carbocycles. The third-order valence-electron chi connectivity index (χ3n) is 5.31. The SMILES string of the molecule is COc1cc2c(-c3ccc(C(C(N)=O)c4ccc(C(F)(F)F)cc4)cc3)ncnc2cc1O. The zero-order valence-corrected chi connectivity index (χ0v) is 17.3. The Balaban J connectivity index is 1.72.